The van der Waals surface area contributed by atoms with Crippen molar-refractivity contribution < 1.29 is 33.4 Å². The summed E-state index contributed by atoms with van der Waals surface area (Å²) in [6.45, 7) is 1.21. The Morgan fingerprint density at radius 3 is 2.17 bits per heavy atom. The highest BCUT2D eigenvalue weighted by Crippen LogP contribution is 2.22. The smallest absolute Gasteiger partial charge is 0.307 e. The summed E-state index contributed by atoms with van der Waals surface area (Å²) in [5, 5.41) is 6.74. The van der Waals surface area contributed by atoms with E-state index >= 15 is 0 Å². The van der Waals surface area contributed by atoms with Crippen LogP contribution in [0.2, 0.25) is 0 Å². The van der Waals surface area contributed by atoms with Crippen LogP contribution in [0.25, 0.3) is 0 Å². The van der Waals surface area contributed by atoms with Gasteiger partial charge in [0.05, 0.1) is 45.0 Å². The van der Waals surface area contributed by atoms with E-state index in [2.05, 4.69) is 19.9 Å². The molecule has 160 valence electrons. The summed E-state index contributed by atoms with van der Waals surface area (Å²) in [7, 11) is 2.48. The monoisotopic (exact) mass is 417 g/mol. The highest BCUT2D eigenvalue weighted by atomic mass is 16.5. The number of ether oxygens (including phenoxy) is 3. The molecule has 1 aromatic heterocycles. The van der Waals surface area contributed by atoms with E-state index in [0.717, 1.165) is 0 Å². The van der Waals surface area contributed by atoms with Gasteiger partial charge >= 0.3 is 17.9 Å². The van der Waals surface area contributed by atoms with E-state index in [0.29, 0.717) is 11.3 Å². The summed E-state index contributed by atoms with van der Waals surface area (Å²) in [6, 6.07) is 7.90. The van der Waals surface area contributed by atoms with Crippen molar-refractivity contribution in [3.8, 4) is 0 Å². The number of esters is 3. The van der Waals surface area contributed by atoms with Gasteiger partial charge in [-0.05, 0) is 0 Å². The van der Waals surface area contributed by atoms with Crippen molar-refractivity contribution in [2.24, 2.45) is 0 Å². The Hall–Kier alpha value is -3.69. The maximum absolute atomic E-state index is 12.7. The van der Waals surface area contributed by atoms with Crippen LogP contribution in [0.3, 0.4) is 0 Å². The molecule has 30 heavy (non-hydrogen) atoms. The minimum Gasteiger partial charge on any atom is -0.469 e. The van der Waals surface area contributed by atoms with Gasteiger partial charge in [0.1, 0.15) is 0 Å². The topological polar surface area (TPSA) is 126 Å². The number of nitrogens with zero attached hydrogens (tertiary/aromatic N) is 2. The lowest BCUT2D eigenvalue weighted by molar-refractivity contribution is -0.152. The van der Waals surface area contributed by atoms with Crippen molar-refractivity contribution in [2.75, 3.05) is 19.5 Å². The summed E-state index contributed by atoms with van der Waals surface area (Å²) < 4.78 is 15.8. The maximum Gasteiger partial charge on any atom is 0.307 e. The molecule has 0 aliphatic heterocycles. The van der Waals surface area contributed by atoms with Crippen LogP contribution in [-0.4, -0.2) is 47.8 Å². The van der Waals surface area contributed by atoms with Gasteiger partial charge < -0.3 is 19.5 Å². The van der Waals surface area contributed by atoms with E-state index in [1.807, 2.05) is 0 Å². The molecule has 1 atom stereocenters. The fraction of sp³-hybridized carbons (Fsp3) is 0.350. The van der Waals surface area contributed by atoms with Gasteiger partial charge in [-0.25, -0.2) is 0 Å². The molecule has 0 saturated carbocycles. The Morgan fingerprint density at radius 2 is 1.63 bits per heavy atom. The number of amides is 1. The summed E-state index contributed by atoms with van der Waals surface area (Å²) in [4.78, 5) is 47.5. The number of hydrogen-bond donors (Lipinski definition) is 1. The predicted molar refractivity (Wildman–Crippen MR) is 104 cm³/mol. The van der Waals surface area contributed by atoms with Gasteiger partial charge in [0.25, 0.3) is 5.91 Å². The highest BCUT2D eigenvalue weighted by molar-refractivity contribution is 5.95. The molecule has 10 heteroatoms. The molecule has 0 saturated heterocycles. The summed E-state index contributed by atoms with van der Waals surface area (Å²) in [5.74, 6) is -2.23. The third-order valence-electron chi connectivity index (χ3n) is 4.13. The Balaban J connectivity index is 2.18. The van der Waals surface area contributed by atoms with E-state index in [1.54, 1.807) is 30.3 Å². The third kappa shape index (κ3) is 6.43. The van der Waals surface area contributed by atoms with Crippen molar-refractivity contribution in [1.29, 1.82) is 0 Å². The molecular formula is C20H23N3O7. The lowest BCUT2D eigenvalue weighted by atomic mass is 10.1. The second kappa shape index (κ2) is 10.7. The van der Waals surface area contributed by atoms with Crippen LogP contribution < -0.4 is 5.32 Å². The Bertz CT molecular complexity index is 877. The van der Waals surface area contributed by atoms with Crippen LogP contribution in [0, 0.1) is 0 Å². The first-order valence-corrected chi connectivity index (χ1v) is 9.04. The molecule has 1 N–H and O–H groups in total. The van der Waals surface area contributed by atoms with E-state index in [-0.39, 0.29) is 12.8 Å². The number of carbonyl (C=O) groups excluding carboxylic acids is 4. The number of aromatic nitrogens is 2. The zero-order valence-electron chi connectivity index (χ0n) is 16.9. The molecule has 1 unspecified atom stereocenters. The molecule has 0 fully saturated rings. The van der Waals surface area contributed by atoms with Gasteiger partial charge in [-0.3, -0.25) is 23.9 Å². The highest BCUT2D eigenvalue weighted by Gasteiger charge is 2.25. The van der Waals surface area contributed by atoms with Gasteiger partial charge in [0, 0.05) is 18.7 Å². The first-order chi connectivity index (χ1) is 14.3. The largest absolute Gasteiger partial charge is 0.469 e. The van der Waals surface area contributed by atoms with Crippen LogP contribution >= 0.6 is 0 Å². The van der Waals surface area contributed by atoms with Crippen molar-refractivity contribution in [3.05, 3.63) is 48.3 Å². The Morgan fingerprint density at radius 1 is 1.03 bits per heavy atom. The molecule has 1 amide bonds. The standard InChI is InChI=1S/C20H23N3O7/c1-13(24)30-19(14-7-5-4-6-8-14)20(27)22-15-11-21-23(12-15)16(9-17(25)28-2)10-18(26)29-3/h4-8,11-12,16,19H,9-10H2,1-3H3,(H,22,27). The van der Waals surface area contributed by atoms with E-state index in [1.165, 1.54) is 38.2 Å². The van der Waals surface area contributed by atoms with Crippen molar-refractivity contribution >= 4 is 29.5 Å². The minimum absolute atomic E-state index is 0.110. The normalized spacial score (nSPS) is 11.5. The second-order valence-electron chi connectivity index (χ2n) is 6.31. The van der Waals surface area contributed by atoms with Crippen LogP contribution in [0.4, 0.5) is 5.69 Å². The third-order valence-corrected chi connectivity index (χ3v) is 4.13. The molecule has 10 nitrogen and oxygen atoms in total. The zero-order valence-corrected chi connectivity index (χ0v) is 16.9. The maximum atomic E-state index is 12.7. The average Bonchev–Trinajstić information content (AvgIpc) is 3.20. The number of nitrogens with one attached hydrogen (secondary N) is 1. The lowest BCUT2D eigenvalue weighted by Gasteiger charge is -2.17. The van der Waals surface area contributed by atoms with Crippen LogP contribution in [0.15, 0.2) is 42.7 Å². The van der Waals surface area contributed by atoms with Gasteiger partial charge in [0.2, 0.25) is 6.10 Å². The molecule has 0 aliphatic carbocycles. The predicted octanol–water partition coefficient (Wildman–Crippen LogP) is 1.79. The Kier molecular flexibility index (Phi) is 8.09. The number of anilines is 1. The quantitative estimate of drug-likeness (QED) is 0.483. The Labute approximate surface area is 173 Å². The first kappa shape index (κ1) is 22.6. The van der Waals surface area contributed by atoms with Crippen molar-refractivity contribution in [3.63, 3.8) is 0 Å². The molecule has 2 aromatic rings. The van der Waals surface area contributed by atoms with E-state index in [9.17, 15) is 19.2 Å². The molecular weight excluding hydrogens is 394 g/mol. The molecule has 0 spiro atoms. The van der Waals surface area contributed by atoms with Gasteiger partial charge in [-0.2, -0.15) is 5.10 Å². The second-order valence-corrected chi connectivity index (χ2v) is 6.31. The fourth-order valence-electron chi connectivity index (χ4n) is 2.69. The molecule has 0 bridgehead atoms. The first-order valence-electron chi connectivity index (χ1n) is 9.04. The lowest BCUT2D eigenvalue weighted by Crippen LogP contribution is -2.25. The number of rotatable bonds is 9. The number of benzene rings is 1. The number of carbonyl (C=O) groups is 4. The number of hydrogen-bond acceptors (Lipinski definition) is 8. The van der Waals surface area contributed by atoms with Crippen molar-refractivity contribution in [1.82, 2.24) is 9.78 Å². The minimum atomic E-state index is -1.15. The molecule has 1 heterocycles. The van der Waals surface area contributed by atoms with E-state index in [4.69, 9.17) is 4.74 Å². The van der Waals surface area contributed by atoms with Gasteiger partial charge in [0.15, 0.2) is 0 Å². The van der Waals surface area contributed by atoms with Gasteiger partial charge in [-0.15, -0.1) is 0 Å². The summed E-state index contributed by atoms with van der Waals surface area (Å²) in [6.07, 6.45) is 1.45. The average molecular weight is 417 g/mol. The molecule has 2 rings (SSSR count). The van der Waals surface area contributed by atoms with Crippen LogP contribution in [-0.2, 0) is 33.4 Å². The van der Waals surface area contributed by atoms with Gasteiger partial charge in [-0.1, -0.05) is 30.3 Å². The zero-order chi connectivity index (χ0) is 22.1. The number of methoxy groups -OCH3 is 2. The van der Waals surface area contributed by atoms with E-state index < -0.39 is 36.0 Å². The van der Waals surface area contributed by atoms with Crippen LogP contribution in [0.5, 0.6) is 0 Å². The summed E-state index contributed by atoms with van der Waals surface area (Å²) in [5.41, 5.74) is 0.805. The molecule has 1 aromatic carbocycles. The fourth-order valence-corrected chi connectivity index (χ4v) is 2.69. The summed E-state index contributed by atoms with van der Waals surface area (Å²) >= 11 is 0. The SMILES string of the molecule is COC(=O)CC(CC(=O)OC)n1cc(NC(=O)C(OC(C)=O)c2ccccc2)cn1. The molecule has 0 aliphatic rings. The van der Waals surface area contributed by atoms with Crippen molar-refractivity contribution in [2.45, 2.75) is 31.9 Å². The van der Waals surface area contributed by atoms with Crippen LogP contribution in [0.1, 0.15) is 37.5 Å². The molecule has 0 radical (unpaired) electrons.